The van der Waals surface area contributed by atoms with Gasteiger partial charge in [-0.3, -0.25) is 14.6 Å². The Balaban J connectivity index is 1.43. The highest BCUT2D eigenvalue weighted by Gasteiger charge is 2.12. The number of hydrogen-bond donors (Lipinski definition) is 2. The smallest absolute Gasteiger partial charge is 0.263 e. The van der Waals surface area contributed by atoms with Gasteiger partial charge in [0.15, 0.2) is 0 Å². The van der Waals surface area contributed by atoms with E-state index in [9.17, 15) is 9.59 Å². The Morgan fingerprint density at radius 3 is 2.54 bits per heavy atom. The molecule has 2 heterocycles. The van der Waals surface area contributed by atoms with Crippen LogP contribution in [0.1, 0.15) is 21.8 Å². The van der Waals surface area contributed by atoms with Crippen LogP contribution in [0.5, 0.6) is 0 Å². The number of thiazole rings is 1. The molecule has 0 radical (unpaired) electrons. The summed E-state index contributed by atoms with van der Waals surface area (Å²) in [5, 5.41) is 6.32. The number of carbonyl (C=O) groups excluding carboxylic acids is 2. The van der Waals surface area contributed by atoms with Crippen LogP contribution in [0.3, 0.4) is 0 Å². The van der Waals surface area contributed by atoms with Crippen molar-refractivity contribution in [1.29, 1.82) is 0 Å². The van der Waals surface area contributed by atoms with Crippen LogP contribution >= 0.6 is 11.3 Å². The lowest BCUT2D eigenvalue weighted by Gasteiger charge is -2.05. The average molecular weight is 366 g/mol. The van der Waals surface area contributed by atoms with E-state index in [1.165, 1.54) is 11.3 Å². The normalized spacial score (nSPS) is 10.3. The topological polar surface area (TPSA) is 84.0 Å². The molecule has 0 aliphatic carbocycles. The molecule has 0 spiro atoms. The lowest BCUT2D eigenvalue weighted by atomic mass is 10.2. The van der Waals surface area contributed by atoms with Gasteiger partial charge in [0.05, 0.1) is 18.4 Å². The molecule has 6 nitrogen and oxygen atoms in total. The maximum atomic E-state index is 12.2. The molecule has 0 saturated carbocycles. The fourth-order valence-electron chi connectivity index (χ4n) is 2.25. The van der Waals surface area contributed by atoms with E-state index in [-0.39, 0.29) is 24.8 Å². The summed E-state index contributed by atoms with van der Waals surface area (Å²) in [4.78, 5) is 32.9. The lowest BCUT2D eigenvalue weighted by molar-refractivity contribution is -0.121. The first-order chi connectivity index (χ1) is 12.7. The molecule has 0 fully saturated rings. The SMILES string of the molecule is O=C(CCNC(=O)c1cnc(-c2ccccc2)s1)NCc1ccccn1. The number of amides is 2. The van der Waals surface area contributed by atoms with Crippen molar-refractivity contribution in [3.05, 3.63) is 71.5 Å². The number of pyridine rings is 1. The van der Waals surface area contributed by atoms with Gasteiger partial charge < -0.3 is 10.6 Å². The van der Waals surface area contributed by atoms with Crippen molar-refractivity contribution in [3.8, 4) is 10.6 Å². The monoisotopic (exact) mass is 366 g/mol. The molecule has 0 bridgehead atoms. The van der Waals surface area contributed by atoms with Gasteiger partial charge in [-0.25, -0.2) is 4.98 Å². The van der Waals surface area contributed by atoms with Crippen LogP contribution in [0, 0.1) is 0 Å². The van der Waals surface area contributed by atoms with Crippen molar-refractivity contribution >= 4 is 23.2 Å². The molecule has 2 amide bonds. The number of nitrogens with zero attached hydrogens (tertiary/aromatic N) is 2. The van der Waals surface area contributed by atoms with E-state index >= 15 is 0 Å². The van der Waals surface area contributed by atoms with Gasteiger partial charge in [-0.1, -0.05) is 36.4 Å². The second-order valence-electron chi connectivity index (χ2n) is 5.50. The minimum atomic E-state index is -0.220. The predicted molar refractivity (Wildman–Crippen MR) is 101 cm³/mol. The average Bonchev–Trinajstić information content (AvgIpc) is 3.18. The fraction of sp³-hybridized carbons (Fsp3) is 0.158. The number of rotatable bonds is 7. The highest BCUT2D eigenvalue weighted by molar-refractivity contribution is 7.16. The van der Waals surface area contributed by atoms with Gasteiger partial charge in [0.2, 0.25) is 5.91 Å². The molecule has 3 rings (SSSR count). The molecule has 0 aliphatic heterocycles. The van der Waals surface area contributed by atoms with Crippen molar-refractivity contribution in [2.45, 2.75) is 13.0 Å². The quantitative estimate of drug-likeness (QED) is 0.673. The molecule has 3 aromatic rings. The standard InChI is InChI=1S/C19H18N4O2S/c24-17(22-12-15-8-4-5-10-20-15)9-11-21-18(25)16-13-23-19(26-16)14-6-2-1-3-7-14/h1-8,10,13H,9,11-12H2,(H,21,25)(H,22,24). The predicted octanol–water partition coefficient (Wildman–Crippen LogP) is 2.64. The summed E-state index contributed by atoms with van der Waals surface area (Å²) in [6.07, 6.45) is 3.45. The molecule has 132 valence electrons. The van der Waals surface area contributed by atoms with E-state index in [2.05, 4.69) is 20.6 Å². The van der Waals surface area contributed by atoms with Crippen LogP contribution in [0.15, 0.2) is 60.9 Å². The summed E-state index contributed by atoms with van der Waals surface area (Å²) in [6, 6.07) is 15.2. The van der Waals surface area contributed by atoms with Crippen LogP contribution in [-0.4, -0.2) is 28.3 Å². The molecule has 0 saturated heterocycles. The Labute approximate surface area is 155 Å². The Kier molecular flexibility index (Phi) is 6.05. The minimum absolute atomic E-state index is 0.134. The first kappa shape index (κ1) is 17.8. The highest BCUT2D eigenvalue weighted by atomic mass is 32.1. The van der Waals surface area contributed by atoms with Crippen LogP contribution in [0.2, 0.25) is 0 Å². The molecule has 26 heavy (non-hydrogen) atoms. The van der Waals surface area contributed by atoms with Crippen LogP contribution < -0.4 is 10.6 Å². The fourth-order valence-corrected chi connectivity index (χ4v) is 3.09. The second kappa shape index (κ2) is 8.87. The zero-order valence-electron chi connectivity index (χ0n) is 14.0. The number of nitrogens with one attached hydrogen (secondary N) is 2. The van der Waals surface area contributed by atoms with Gasteiger partial charge in [0, 0.05) is 24.7 Å². The molecule has 2 N–H and O–H groups in total. The van der Waals surface area contributed by atoms with Crippen molar-refractivity contribution in [1.82, 2.24) is 20.6 Å². The summed E-state index contributed by atoms with van der Waals surface area (Å²) in [7, 11) is 0. The van der Waals surface area contributed by atoms with Crippen LogP contribution in [-0.2, 0) is 11.3 Å². The van der Waals surface area contributed by atoms with Gasteiger partial charge in [0.25, 0.3) is 5.91 Å². The Morgan fingerprint density at radius 1 is 0.962 bits per heavy atom. The van der Waals surface area contributed by atoms with Crippen molar-refractivity contribution in [2.75, 3.05) is 6.54 Å². The second-order valence-corrected chi connectivity index (χ2v) is 6.53. The third-order valence-corrected chi connectivity index (χ3v) is 4.63. The van der Waals surface area contributed by atoms with Gasteiger partial charge in [-0.15, -0.1) is 11.3 Å². The molecular formula is C19H18N4O2S. The van der Waals surface area contributed by atoms with Crippen LogP contribution in [0.25, 0.3) is 10.6 Å². The van der Waals surface area contributed by atoms with E-state index in [0.717, 1.165) is 16.3 Å². The summed E-state index contributed by atoms with van der Waals surface area (Å²) in [5.74, 6) is -0.354. The minimum Gasteiger partial charge on any atom is -0.351 e. The van der Waals surface area contributed by atoms with Crippen molar-refractivity contribution in [2.24, 2.45) is 0 Å². The number of benzene rings is 1. The van der Waals surface area contributed by atoms with Gasteiger partial charge in [0.1, 0.15) is 9.88 Å². The molecule has 1 aromatic carbocycles. The molecular weight excluding hydrogens is 348 g/mol. The largest absolute Gasteiger partial charge is 0.351 e. The summed E-state index contributed by atoms with van der Waals surface area (Å²) in [5.41, 5.74) is 1.77. The Hall–Kier alpha value is -3.06. The van der Waals surface area contributed by atoms with E-state index in [1.54, 1.807) is 12.4 Å². The third-order valence-electron chi connectivity index (χ3n) is 3.58. The maximum absolute atomic E-state index is 12.2. The van der Waals surface area contributed by atoms with Gasteiger partial charge in [-0.2, -0.15) is 0 Å². The van der Waals surface area contributed by atoms with Crippen molar-refractivity contribution in [3.63, 3.8) is 0 Å². The molecule has 2 aromatic heterocycles. The Bertz CT molecular complexity index is 866. The zero-order valence-corrected chi connectivity index (χ0v) is 14.8. The van der Waals surface area contributed by atoms with E-state index < -0.39 is 0 Å². The molecule has 7 heteroatoms. The molecule has 0 unspecified atom stereocenters. The van der Waals surface area contributed by atoms with Crippen LogP contribution in [0.4, 0.5) is 0 Å². The maximum Gasteiger partial charge on any atom is 0.263 e. The number of aromatic nitrogens is 2. The Morgan fingerprint density at radius 2 is 1.77 bits per heavy atom. The van der Waals surface area contributed by atoms with Gasteiger partial charge >= 0.3 is 0 Å². The lowest BCUT2D eigenvalue weighted by Crippen LogP contribution is -2.30. The van der Waals surface area contributed by atoms with E-state index in [4.69, 9.17) is 0 Å². The van der Waals surface area contributed by atoms with E-state index in [0.29, 0.717) is 11.4 Å². The van der Waals surface area contributed by atoms with Gasteiger partial charge in [-0.05, 0) is 12.1 Å². The number of hydrogen-bond acceptors (Lipinski definition) is 5. The zero-order chi connectivity index (χ0) is 18.2. The van der Waals surface area contributed by atoms with Crippen molar-refractivity contribution < 1.29 is 9.59 Å². The van der Waals surface area contributed by atoms with E-state index in [1.807, 2.05) is 48.5 Å². The molecule has 0 atom stereocenters. The first-order valence-electron chi connectivity index (χ1n) is 8.18. The highest BCUT2D eigenvalue weighted by Crippen LogP contribution is 2.24. The third kappa shape index (κ3) is 4.97. The number of carbonyl (C=O) groups is 2. The first-order valence-corrected chi connectivity index (χ1v) is 9.00. The molecule has 0 aliphatic rings. The summed E-state index contributed by atoms with van der Waals surface area (Å²) in [6.45, 7) is 0.647. The summed E-state index contributed by atoms with van der Waals surface area (Å²) < 4.78 is 0. The summed E-state index contributed by atoms with van der Waals surface area (Å²) >= 11 is 1.33.